The molecule has 0 saturated carbocycles. The van der Waals surface area contributed by atoms with E-state index in [1.165, 1.54) is 115 Å². The van der Waals surface area contributed by atoms with Crippen molar-refractivity contribution >= 4 is 0 Å². The number of nitriles is 1. The van der Waals surface area contributed by atoms with Gasteiger partial charge in [-0.3, -0.25) is 0 Å². The summed E-state index contributed by atoms with van der Waals surface area (Å²) < 4.78 is 0. The van der Waals surface area contributed by atoms with E-state index in [4.69, 9.17) is 5.26 Å². The first-order chi connectivity index (χ1) is 14.4. The summed E-state index contributed by atoms with van der Waals surface area (Å²) >= 11 is 0. The number of hydrogen-bond donors (Lipinski definition) is 1. The molecule has 2 nitrogen and oxygen atoms in total. The van der Waals surface area contributed by atoms with Crippen molar-refractivity contribution in [1.82, 2.24) is 5.32 Å². The van der Waals surface area contributed by atoms with Gasteiger partial charge in [0.1, 0.15) is 0 Å². The van der Waals surface area contributed by atoms with Crippen molar-refractivity contribution in [2.24, 2.45) is 0 Å². The Morgan fingerprint density at radius 2 is 1.00 bits per heavy atom. The van der Waals surface area contributed by atoms with E-state index in [1.807, 2.05) is 0 Å². The topological polar surface area (TPSA) is 35.8 Å². The second-order valence-corrected chi connectivity index (χ2v) is 8.55. The van der Waals surface area contributed by atoms with Crippen molar-refractivity contribution in [3.63, 3.8) is 0 Å². The van der Waals surface area contributed by atoms with Crippen molar-refractivity contribution < 1.29 is 0 Å². The Balaban J connectivity index is 1.67. The lowest BCUT2D eigenvalue weighted by atomic mass is 10.0. The van der Waals surface area contributed by atoms with Crippen LogP contribution in [0, 0.1) is 11.3 Å². The highest BCUT2D eigenvalue weighted by atomic mass is 14.8. The van der Waals surface area contributed by atoms with Gasteiger partial charge in [-0.1, -0.05) is 120 Å². The fraction of sp³-hybridized carbons (Fsp3) is 0.741. The highest BCUT2D eigenvalue weighted by Crippen LogP contribution is 2.14. The van der Waals surface area contributed by atoms with Crippen molar-refractivity contribution in [3.8, 4) is 6.07 Å². The Bertz CT molecular complexity index is 477. The third kappa shape index (κ3) is 18.4. The fourth-order valence-corrected chi connectivity index (χ4v) is 3.97. The lowest BCUT2D eigenvalue weighted by Gasteiger charge is -2.04. The Kier molecular flexibility index (Phi) is 19.0. The van der Waals surface area contributed by atoms with E-state index in [2.05, 4.69) is 41.7 Å². The smallest absolute Gasteiger partial charge is 0.0635 e. The largest absolute Gasteiger partial charge is 0.316 e. The first kappa shape index (κ1) is 25.7. The molecule has 0 aliphatic heterocycles. The number of aryl methyl sites for hydroxylation is 1. The van der Waals surface area contributed by atoms with Gasteiger partial charge in [0.05, 0.1) is 6.07 Å². The molecule has 0 heterocycles. The summed E-state index contributed by atoms with van der Waals surface area (Å²) in [5.41, 5.74) is 1.49. The minimum absolute atomic E-state index is 0.634. The second kappa shape index (κ2) is 21.4. The third-order valence-corrected chi connectivity index (χ3v) is 5.83. The second-order valence-electron chi connectivity index (χ2n) is 8.55. The van der Waals surface area contributed by atoms with Gasteiger partial charge < -0.3 is 5.32 Å². The normalized spacial score (nSPS) is 10.9. The van der Waals surface area contributed by atoms with E-state index in [1.54, 1.807) is 0 Å². The quantitative estimate of drug-likeness (QED) is 0.213. The van der Waals surface area contributed by atoms with E-state index >= 15 is 0 Å². The summed E-state index contributed by atoms with van der Waals surface area (Å²) in [5.74, 6) is 0. The number of nitrogens with zero attached hydrogens (tertiary/aromatic N) is 1. The van der Waals surface area contributed by atoms with Crippen molar-refractivity contribution in [2.75, 3.05) is 13.1 Å². The number of unbranched alkanes of at least 4 members (excludes halogenated alkanes) is 15. The van der Waals surface area contributed by atoms with Crippen molar-refractivity contribution in [1.29, 1.82) is 5.26 Å². The maximum atomic E-state index is 8.46. The van der Waals surface area contributed by atoms with Gasteiger partial charge in [0, 0.05) is 13.0 Å². The van der Waals surface area contributed by atoms with Gasteiger partial charge in [-0.2, -0.15) is 5.26 Å². The van der Waals surface area contributed by atoms with Crippen molar-refractivity contribution in [3.05, 3.63) is 35.9 Å². The molecule has 2 heteroatoms. The fourth-order valence-electron chi connectivity index (χ4n) is 3.97. The molecule has 29 heavy (non-hydrogen) atoms. The molecule has 1 rings (SSSR count). The number of rotatable bonds is 21. The Morgan fingerprint density at radius 1 is 0.552 bits per heavy atom. The van der Waals surface area contributed by atoms with Gasteiger partial charge in [0.2, 0.25) is 0 Å². The molecule has 0 atom stereocenters. The molecule has 0 spiro atoms. The lowest BCUT2D eigenvalue weighted by Crippen LogP contribution is -2.15. The van der Waals surface area contributed by atoms with Crippen molar-refractivity contribution in [2.45, 2.75) is 116 Å². The molecule has 1 aromatic carbocycles. The molecule has 164 valence electrons. The van der Waals surface area contributed by atoms with E-state index in [0.29, 0.717) is 6.42 Å². The first-order valence-electron chi connectivity index (χ1n) is 12.5. The average Bonchev–Trinajstić information content (AvgIpc) is 2.75. The summed E-state index contributed by atoms with van der Waals surface area (Å²) in [7, 11) is 0. The molecule has 0 fully saturated rings. The highest BCUT2D eigenvalue weighted by Gasteiger charge is 1.96. The Hall–Kier alpha value is -1.33. The summed E-state index contributed by atoms with van der Waals surface area (Å²) in [5, 5.41) is 11.8. The minimum Gasteiger partial charge on any atom is -0.316 e. The predicted octanol–water partition coefficient (Wildman–Crippen LogP) is 7.97. The molecule has 0 amide bonds. The van der Waals surface area contributed by atoms with Crippen LogP contribution in [-0.4, -0.2) is 13.1 Å². The molecule has 1 N–H and O–H groups in total. The third-order valence-electron chi connectivity index (χ3n) is 5.83. The van der Waals surface area contributed by atoms with Crippen LogP contribution < -0.4 is 5.32 Å². The molecule has 0 aromatic heterocycles. The highest BCUT2D eigenvalue weighted by molar-refractivity contribution is 5.14. The van der Waals surface area contributed by atoms with E-state index in [9.17, 15) is 0 Å². The molecule has 0 bridgehead atoms. The van der Waals surface area contributed by atoms with E-state index in [0.717, 1.165) is 13.1 Å². The van der Waals surface area contributed by atoms with Crippen LogP contribution in [0.15, 0.2) is 30.3 Å². The summed E-state index contributed by atoms with van der Waals surface area (Å²) in [6, 6.07) is 13.1. The molecule has 0 saturated heterocycles. The van der Waals surface area contributed by atoms with E-state index in [-0.39, 0.29) is 0 Å². The van der Waals surface area contributed by atoms with Gasteiger partial charge in [-0.25, -0.2) is 0 Å². The van der Waals surface area contributed by atoms with Gasteiger partial charge in [-0.05, 0) is 31.4 Å². The van der Waals surface area contributed by atoms with E-state index < -0.39 is 0 Å². The summed E-state index contributed by atoms with van der Waals surface area (Å²) in [6.45, 7) is 1.93. The maximum absolute atomic E-state index is 8.46. The number of benzene rings is 1. The zero-order chi connectivity index (χ0) is 20.7. The molecule has 0 aliphatic rings. The summed E-state index contributed by atoms with van der Waals surface area (Å²) in [4.78, 5) is 0. The number of nitrogens with one attached hydrogen (secondary N) is 1. The first-order valence-corrected chi connectivity index (χ1v) is 12.5. The SMILES string of the molecule is N#CCCNCCCCCCCCCCCCCCCCCCc1ccccc1. The lowest BCUT2D eigenvalue weighted by molar-refractivity contribution is 0.524. The maximum Gasteiger partial charge on any atom is 0.0635 e. The monoisotopic (exact) mass is 398 g/mol. The molecule has 0 aliphatic carbocycles. The molecule has 0 radical (unpaired) electrons. The number of hydrogen-bond acceptors (Lipinski definition) is 2. The van der Waals surface area contributed by atoms with Gasteiger partial charge in [0.15, 0.2) is 0 Å². The minimum atomic E-state index is 0.634. The van der Waals surface area contributed by atoms with Gasteiger partial charge in [-0.15, -0.1) is 0 Å². The van der Waals surface area contributed by atoms with Crippen LogP contribution in [0.3, 0.4) is 0 Å². The van der Waals surface area contributed by atoms with Gasteiger partial charge in [0.25, 0.3) is 0 Å². The Labute approximate surface area is 181 Å². The van der Waals surface area contributed by atoms with Crippen LogP contribution in [-0.2, 0) is 6.42 Å². The average molecular weight is 399 g/mol. The molecular weight excluding hydrogens is 352 g/mol. The molecule has 1 aromatic rings. The van der Waals surface area contributed by atoms with Crippen LogP contribution in [0.2, 0.25) is 0 Å². The summed E-state index contributed by atoms with van der Waals surface area (Å²) in [6.07, 6.45) is 24.4. The Morgan fingerprint density at radius 3 is 1.48 bits per heavy atom. The van der Waals surface area contributed by atoms with Crippen LogP contribution in [0.5, 0.6) is 0 Å². The zero-order valence-electron chi connectivity index (χ0n) is 19.0. The van der Waals surface area contributed by atoms with Crippen LogP contribution in [0.4, 0.5) is 0 Å². The van der Waals surface area contributed by atoms with Crippen LogP contribution >= 0.6 is 0 Å². The van der Waals surface area contributed by atoms with Gasteiger partial charge >= 0.3 is 0 Å². The predicted molar refractivity (Wildman–Crippen MR) is 127 cm³/mol. The standard InChI is InChI=1S/C27H46N2/c28-24-20-26-29-25-19-14-12-10-8-6-4-2-1-3-5-7-9-11-13-16-21-27-22-17-15-18-23-27/h15,17-18,22-23,29H,1-14,16,19-21,25-26H2. The van der Waals surface area contributed by atoms with Crippen LogP contribution in [0.25, 0.3) is 0 Å². The zero-order valence-corrected chi connectivity index (χ0v) is 19.0. The molecular formula is C27H46N2. The molecule has 0 unspecified atom stereocenters. The van der Waals surface area contributed by atoms with Crippen LogP contribution in [0.1, 0.15) is 115 Å².